The maximum atomic E-state index is 4.49. The van der Waals surface area contributed by atoms with Crippen molar-refractivity contribution >= 4 is 0 Å². The van der Waals surface area contributed by atoms with Crippen molar-refractivity contribution in [1.82, 2.24) is 9.88 Å². The monoisotopic (exact) mass is 204 g/mol. The van der Waals surface area contributed by atoms with Gasteiger partial charge in [-0.25, -0.2) is 0 Å². The zero-order chi connectivity index (χ0) is 10.7. The smallest absolute Gasteiger partial charge is 0.0575 e. The van der Waals surface area contributed by atoms with Crippen LogP contribution in [0.5, 0.6) is 0 Å². The van der Waals surface area contributed by atoms with Crippen molar-refractivity contribution in [2.75, 3.05) is 6.54 Å². The Morgan fingerprint density at radius 2 is 2.20 bits per heavy atom. The van der Waals surface area contributed by atoms with Crippen molar-refractivity contribution in [3.8, 4) is 0 Å². The highest BCUT2D eigenvalue weighted by atomic mass is 15.2. The standard InChI is InChI=1S/C13H20N2/c1-11(2)15-10-6-4-8-13(15)12-7-3-5-9-14-12/h3,5,7,9,11,13H,4,6,8,10H2,1-2H3. The topological polar surface area (TPSA) is 16.1 Å². The van der Waals surface area contributed by atoms with Gasteiger partial charge in [0.05, 0.1) is 11.7 Å². The molecule has 2 heterocycles. The van der Waals surface area contributed by atoms with E-state index in [0.29, 0.717) is 12.1 Å². The van der Waals surface area contributed by atoms with Crippen molar-refractivity contribution in [1.29, 1.82) is 0 Å². The molecule has 1 saturated heterocycles. The fourth-order valence-electron chi connectivity index (χ4n) is 2.46. The maximum absolute atomic E-state index is 4.49. The first kappa shape index (κ1) is 10.6. The van der Waals surface area contributed by atoms with E-state index in [1.807, 2.05) is 12.3 Å². The number of piperidine rings is 1. The number of aromatic nitrogens is 1. The number of nitrogens with zero attached hydrogens (tertiary/aromatic N) is 2. The quantitative estimate of drug-likeness (QED) is 0.736. The van der Waals surface area contributed by atoms with Crippen LogP contribution in [0, 0.1) is 0 Å². The largest absolute Gasteiger partial charge is 0.292 e. The molecule has 2 rings (SSSR count). The molecule has 0 spiro atoms. The van der Waals surface area contributed by atoms with Crippen LogP contribution in [-0.4, -0.2) is 22.5 Å². The van der Waals surface area contributed by atoms with E-state index >= 15 is 0 Å². The second-order valence-corrected chi connectivity index (χ2v) is 4.60. The van der Waals surface area contributed by atoms with Crippen LogP contribution in [-0.2, 0) is 0 Å². The molecule has 1 aliphatic rings. The van der Waals surface area contributed by atoms with Crippen molar-refractivity contribution in [2.24, 2.45) is 0 Å². The van der Waals surface area contributed by atoms with E-state index in [-0.39, 0.29) is 0 Å². The van der Waals surface area contributed by atoms with Crippen LogP contribution in [0.1, 0.15) is 44.8 Å². The van der Waals surface area contributed by atoms with E-state index < -0.39 is 0 Å². The number of hydrogen-bond acceptors (Lipinski definition) is 2. The van der Waals surface area contributed by atoms with Gasteiger partial charge in [0.2, 0.25) is 0 Å². The molecular formula is C13H20N2. The average molecular weight is 204 g/mol. The zero-order valence-corrected chi connectivity index (χ0v) is 9.69. The summed E-state index contributed by atoms with van der Waals surface area (Å²) >= 11 is 0. The molecule has 0 bridgehead atoms. The van der Waals surface area contributed by atoms with Crippen LogP contribution >= 0.6 is 0 Å². The highest BCUT2D eigenvalue weighted by Gasteiger charge is 2.26. The van der Waals surface area contributed by atoms with Crippen LogP contribution in [0.2, 0.25) is 0 Å². The summed E-state index contributed by atoms with van der Waals surface area (Å²) in [5.74, 6) is 0. The van der Waals surface area contributed by atoms with Crippen molar-refractivity contribution < 1.29 is 0 Å². The van der Waals surface area contributed by atoms with Gasteiger partial charge in [0.15, 0.2) is 0 Å². The number of pyridine rings is 1. The summed E-state index contributed by atoms with van der Waals surface area (Å²) in [7, 11) is 0. The lowest BCUT2D eigenvalue weighted by molar-refractivity contribution is 0.109. The summed E-state index contributed by atoms with van der Waals surface area (Å²) in [5, 5.41) is 0. The molecule has 2 nitrogen and oxygen atoms in total. The van der Waals surface area contributed by atoms with Gasteiger partial charge in [0.1, 0.15) is 0 Å². The molecule has 0 amide bonds. The van der Waals surface area contributed by atoms with Crippen LogP contribution in [0.3, 0.4) is 0 Å². The lowest BCUT2D eigenvalue weighted by Crippen LogP contribution is -2.38. The summed E-state index contributed by atoms with van der Waals surface area (Å²) in [4.78, 5) is 7.07. The summed E-state index contributed by atoms with van der Waals surface area (Å²) in [5.41, 5.74) is 1.24. The Hall–Kier alpha value is -0.890. The maximum Gasteiger partial charge on any atom is 0.0575 e. The van der Waals surface area contributed by atoms with Gasteiger partial charge in [0.25, 0.3) is 0 Å². The molecule has 15 heavy (non-hydrogen) atoms. The van der Waals surface area contributed by atoms with Gasteiger partial charge in [-0.2, -0.15) is 0 Å². The SMILES string of the molecule is CC(C)N1CCCCC1c1ccccn1. The second kappa shape index (κ2) is 4.75. The van der Waals surface area contributed by atoms with E-state index in [4.69, 9.17) is 0 Å². The minimum atomic E-state index is 0.542. The summed E-state index contributed by atoms with van der Waals surface area (Å²) in [6.45, 7) is 5.78. The van der Waals surface area contributed by atoms with E-state index in [9.17, 15) is 0 Å². The minimum Gasteiger partial charge on any atom is -0.292 e. The molecule has 1 fully saturated rings. The van der Waals surface area contributed by atoms with E-state index in [1.54, 1.807) is 0 Å². The van der Waals surface area contributed by atoms with Gasteiger partial charge in [-0.05, 0) is 45.4 Å². The highest BCUT2D eigenvalue weighted by molar-refractivity contribution is 5.10. The van der Waals surface area contributed by atoms with E-state index in [2.05, 4.69) is 35.9 Å². The molecule has 2 heteroatoms. The van der Waals surface area contributed by atoms with Gasteiger partial charge in [-0.15, -0.1) is 0 Å². The summed E-state index contributed by atoms with van der Waals surface area (Å²) in [6.07, 6.45) is 5.84. The van der Waals surface area contributed by atoms with Crippen LogP contribution in [0.15, 0.2) is 24.4 Å². The Bertz CT molecular complexity index is 295. The van der Waals surface area contributed by atoms with Gasteiger partial charge < -0.3 is 0 Å². The van der Waals surface area contributed by atoms with Crippen LogP contribution in [0.25, 0.3) is 0 Å². The van der Waals surface area contributed by atoms with Gasteiger partial charge in [-0.1, -0.05) is 12.5 Å². The highest BCUT2D eigenvalue weighted by Crippen LogP contribution is 2.30. The van der Waals surface area contributed by atoms with Crippen LogP contribution in [0.4, 0.5) is 0 Å². The van der Waals surface area contributed by atoms with Crippen LogP contribution < -0.4 is 0 Å². The molecule has 0 aromatic carbocycles. The third-order valence-corrected chi connectivity index (χ3v) is 3.24. The zero-order valence-electron chi connectivity index (χ0n) is 9.69. The average Bonchev–Trinajstić information content (AvgIpc) is 2.30. The summed E-state index contributed by atoms with van der Waals surface area (Å²) in [6, 6.07) is 7.41. The molecule has 0 N–H and O–H groups in total. The lowest BCUT2D eigenvalue weighted by Gasteiger charge is -2.38. The molecule has 1 unspecified atom stereocenters. The Kier molecular flexibility index (Phi) is 3.37. The predicted molar refractivity (Wildman–Crippen MR) is 62.7 cm³/mol. The number of likely N-dealkylation sites (tertiary alicyclic amines) is 1. The Balaban J connectivity index is 2.18. The summed E-state index contributed by atoms with van der Waals surface area (Å²) < 4.78 is 0. The Labute approximate surface area is 92.3 Å². The Morgan fingerprint density at radius 3 is 2.87 bits per heavy atom. The molecule has 1 atom stereocenters. The lowest BCUT2D eigenvalue weighted by atomic mass is 9.97. The van der Waals surface area contributed by atoms with Crippen molar-refractivity contribution in [2.45, 2.75) is 45.2 Å². The third-order valence-electron chi connectivity index (χ3n) is 3.24. The van der Waals surface area contributed by atoms with Crippen molar-refractivity contribution in [3.05, 3.63) is 30.1 Å². The normalized spacial score (nSPS) is 23.3. The van der Waals surface area contributed by atoms with E-state index in [0.717, 1.165) is 0 Å². The molecular weight excluding hydrogens is 184 g/mol. The first-order chi connectivity index (χ1) is 7.29. The molecule has 0 aliphatic carbocycles. The molecule has 1 aromatic heterocycles. The van der Waals surface area contributed by atoms with Gasteiger partial charge in [-0.3, -0.25) is 9.88 Å². The first-order valence-electron chi connectivity index (χ1n) is 5.95. The molecule has 0 saturated carbocycles. The molecule has 0 radical (unpaired) electrons. The second-order valence-electron chi connectivity index (χ2n) is 4.60. The predicted octanol–water partition coefficient (Wildman–Crippen LogP) is 3.02. The fraction of sp³-hybridized carbons (Fsp3) is 0.615. The van der Waals surface area contributed by atoms with Gasteiger partial charge >= 0.3 is 0 Å². The van der Waals surface area contributed by atoms with Crippen molar-refractivity contribution in [3.63, 3.8) is 0 Å². The Morgan fingerprint density at radius 1 is 1.33 bits per heavy atom. The third kappa shape index (κ3) is 2.37. The number of hydrogen-bond donors (Lipinski definition) is 0. The van der Waals surface area contributed by atoms with Gasteiger partial charge in [0, 0.05) is 12.2 Å². The molecule has 1 aliphatic heterocycles. The molecule has 1 aromatic rings. The number of rotatable bonds is 2. The molecule has 82 valence electrons. The first-order valence-corrected chi connectivity index (χ1v) is 5.95. The van der Waals surface area contributed by atoms with E-state index in [1.165, 1.54) is 31.5 Å². The minimum absolute atomic E-state index is 0.542. The fourth-order valence-corrected chi connectivity index (χ4v) is 2.46.